The highest BCUT2D eigenvalue weighted by molar-refractivity contribution is 5.98. The highest BCUT2D eigenvalue weighted by atomic mass is 19.4. The molecule has 3 rings (SSSR count). The Hall–Kier alpha value is -3.23. The zero-order chi connectivity index (χ0) is 29.5. The highest BCUT2D eigenvalue weighted by Gasteiger charge is 2.52. The second-order valence-corrected chi connectivity index (χ2v) is 10.1. The third kappa shape index (κ3) is 9.45. The number of ether oxygens (including phenoxy) is 3. The van der Waals surface area contributed by atoms with Crippen LogP contribution in [-0.4, -0.2) is 105 Å². The Morgan fingerprint density at radius 2 is 1.62 bits per heavy atom. The van der Waals surface area contributed by atoms with Crippen LogP contribution in [0.15, 0.2) is 24.3 Å². The number of alkyl halides is 3. The van der Waals surface area contributed by atoms with E-state index in [9.17, 15) is 32.3 Å². The van der Waals surface area contributed by atoms with E-state index in [0.717, 1.165) is 0 Å². The molecule has 0 aromatic heterocycles. The molecule has 4 unspecified atom stereocenters. The average molecular weight is 573 g/mol. The Labute approximate surface area is 230 Å². The molecule has 222 valence electrons. The van der Waals surface area contributed by atoms with Crippen LogP contribution in [0.2, 0.25) is 0 Å². The minimum absolute atomic E-state index is 0.0518. The molecule has 0 saturated carbocycles. The number of ketones is 1. The van der Waals surface area contributed by atoms with Crippen molar-refractivity contribution in [2.24, 2.45) is 0 Å². The number of hydrogen-bond acceptors (Lipinski definition) is 8. The molecule has 4 atom stereocenters. The van der Waals surface area contributed by atoms with E-state index in [1.54, 1.807) is 24.3 Å². The maximum atomic E-state index is 13.3. The number of amides is 3. The van der Waals surface area contributed by atoms with Crippen LogP contribution < -0.4 is 20.7 Å². The SMILES string of the molecule is COc1ccc(CC(NC(=O)C(C)NC(=O)CN2CCOCC2)C(=O)NC(CC(F)(F)F)C(=O)C2(C)CO2)cc1. The molecule has 2 aliphatic heterocycles. The number of carbonyl (C=O) groups is 4. The molecule has 14 heteroatoms. The van der Waals surface area contributed by atoms with E-state index in [0.29, 0.717) is 37.6 Å². The molecule has 2 saturated heterocycles. The maximum absolute atomic E-state index is 13.3. The second-order valence-electron chi connectivity index (χ2n) is 10.1. The van der Waals surface area contributed by atoms with Gasteiger partial charge < -0.3 is 30.2 Å². The first-order valence-electron chi connectivity index (χ1n) is 12.9. The molecule has 2 heterocycles. The van der Waals surface area contributed by atoms with Crippen LogP contribution in [0.5, 0.6) is 5.75 Å². The highest BCUT2D eigenvalue weighted by Crippen LogP contribution is 2.32. The van der Waals surface area contributed by atoms with Crippen LogP contribution in [0.1, 0.15) is 25.8 Å². The van der Waals surface area contributed by atoms with E-state index in [4.69, 9.17) is 14.2 Å². The fourth-order valence-electron chi connectivity index (χ4n) is 4.15. The summed E-state index contributed by atoms with van der Waals surface area (Å²) in [6.07, 6.45) is -6.43. The largest absolute Gasteiger partial charge is 0.497 e. The molecule has 1 aromatic rings. The molecule has 3 N–H and O–H groups in total. The van der Waals surface area contributed by atoms with Crippen LogP contribution in [-0.2, 0) is 35.1 Å². The Balaban J connectivity index is 1.71. The normalized spacial score (nSPS) is 21.4. The predicted molar refractivity (Wildman–Crippen MR) is 135 cm³/mol. The lowest BCUT2D eigenvalue weighted by molar-refractivity contribution is -0.152. The van der Waals surface area contributed by atoms with Crippen molar-refractivity contribution in [3.63, 3.8) is 0 Å². The Morgan fingerprint density at radius 3 is 2.17 bits per heavy atom. The van der Waals surface area contributed by atoms with E-state index in [-0.39, 0.29) is 19.6 Å². The first-order valence-corrected chi connectivity index (χ1v) is 12.9. The number of hydrogen-bond donors (Lipinski definition) is 3. The number of carbonyl (C=O) groups excluding carboxylic acids is 4. The van der Waals surface area contributed by atoms with Crippen LogP contribution in [0.25, 0.3) is 0 Å². The van der Waals surface area contributed by atoms with Gasteiger partial charge in [-0.15, -0.1) is 0 Å². The molecule has 0 aliphatic carbocycles. The van der Waals surface area contributed by atoms with Crippen molar-refractivity contribution in [1.82, 2.24) is 20.9 Å². The van der Waals surface area contributed by atoms with Crippen molar-refractivity contribution in [3.05, 3.63) is 29.8 Å². The van der Waals surface area contributed by atoms with E-state index >= 15 is 0 Å². The number of methoxy groups -OCH3 is 1. The number of morpholine rings is 1. The molecule has 2 fully saturated rings. The molecular formula is C26H35F3N4O7. The fourth-order valence-corrected chi connectivity index (χ4v) is 4.15. The van der Waals surface area contributed by atoms with E-state index in [1.165, 1.54) is 21.0 Å². The van der Waals surface area contributed by atoms with Crippen molar-refractivity contribution < 1.29 is 46.6 Å². The Morgan fingerprint density at radius 1 is 1.02 bits per heavy atom. The summed E-state index contributed by atoms with van der Waals surface area (Å²) in [6, 6.07) is 2.22. The quantitative estimate of drug-likeness (QED) is 0.288. The van der Waals surface area contributed by atoms with Gasteiger partial charge in [-0.25, -0.2) is 0 Å². The standard InChI is InChI=1S/C26H35F3N4O7/c1-16(30-21(34)14-33-8-10-39-11-9-33)23(36)31-19(12-17-4-6-18(38-3)7-5-17)24(37)32-20(13-26(27,28)29)22(35)25(2)15-40-25/h4-7,16,19-20H,8-15H2,1-3H3,(H,30,34)(H,31,36)(H,32,37). The number of benzene rings is 1. The zero-order valence-electron chi connectivity index (χ0n) is 22.6. The van der Waals surface area contributed by atoms with Gasteiger partial charge in [0, 0.05) is 19.5 Å². The summed E-state index contributed by atoms with van der Waals surface area (Å²) in [5.41, 5.74) is -0.835. The van der Waals surface area contributed by atoms with Gasteiger partial charge in [-0.05, 0) is 31.5 Å². The zero-order valence-corrected chi connectivity index (χ0v) is 22.6. The topological polar surface area (TPSA) is 139 Å². The van der Waals surface area contributed by atoms with E-state index < -0.39 is 59.8 Å². The lowest BCUT2D eigenvalue weighted by atomic mass is 9.97. The van der Waals surface area contributed by atoms with Crippen molar-refractivity contribution in [2.75, 3.05) is 46.6 Å². The summed E-state index contributed by atoms with van der Waals surface area (Å²) in [7, 11) is 1.47. The minimum Gasteiger partial charge on any atom is -0.497 e. The smallest absolute Gasteiger partial charge is 0.391 e. The van der Waals surface area contributed by atoms with Gasteiger partial charge in [0.25, 0.3) is 0 Å². The number of halogens is 3. The van der Waals surface area contributed by atoms with Crippen LogP contribution in [0.4, 0.5) is 13.2 Å². The first-order chi connectivity index (χ1) is 18.8. The number of Topliss-reactive ketones (excluding diaryl/α,β-unsaturated/α-hetero) is 1. The lowest BCUT2D eigenvalue weighted by Crippen LogP contribution is -2.57. The summed E-state index contributed by atoms with van der Waals surface area (Å²) >= 11 is 0. The van der Waals surface area contributed by atoms with Crippen molar-refractivity contribution in [1.29, 1.82) is 0 Å². The van der Waals surface area contributed by atoms with Crippen LogP contribution >= 0.6 is 0 Å². The Bertz CT molecular complexity index is 1060. The summed E-state index contributed by atoms with van der Waals surface area (Å²) in [4.78, 5) is 53.2. The number of nitrogens with zero attached hydrogens (tertiary/aromatic N) is 1. The summed E-state index contributed by atoms with van der Waals surface area (Å²) < 4.78 is 55.2. The Kier molecular flexibility index (Phi) is 10.5. The van der Waals surface area contributed by atoms with Gasteiger partial charge in [0.2, 0.25) is 17.7 Å². The van der Waals surface area contributed by atoms with Gasteiger partial charge in [-0.1, -0.05) is 12.1 Å². The van der Waals surface area contributed by atoms with Crippen molar-refractivity contribution in [3.8, 4) is 5.75 Å². The van der Waals surface area contributed by atoms with Gasteiger partial charge >= 0.3 is 6.18 Å². The van der Waals surface area contributed by atoms with Crippen LogP contribution in [0.3, 0.4) is 0 Å². The van der Waals surface area contributed by atoms with Gasteiger partial charge in [-0.2, -0.15) is 13.2 Å². The summed E-state index contributed by atoms with van der Waals surface area (Å²) in [5, 5.41) is 7.25. The van der Waals surface area contributed by atoms with Gasteiger partial charge in [0.1, 0.15) is 23.4 Å². The minimum atomic E-state index is -4.74. The molecule has 3 amide bonds. The molecule has 0 spiro atoms. The third-order valence-corrected chi connectivity index (χ3v) is 6.64. The van der Waals surface area contributed by atoms with E-state index in [1.807, 2.05) is 4.90 Å². The fraction of sp³-hybridized carbons (Fsp3) is 0.615. The lowest BCUT2D eigenvalue weighted by Gasteiger charge is -2.27. The van der Waals surface area contributed by atoms with Crippen molar-refractivity contribution >= 4 is 23.5 Å². The average Bonchev–Trinajstić information content (AvgIpc) is 3.65. The van der Waals surface area contributed by atoms with Gasteiger partial charge in [-0.3, -0.25) is 24.1 Å². The first kappa shape index (κ1) is 31.3. The molecule has 11 nitrogen and oxygen atoms in total. The number of nitrogens with one attached hydrogen (secondary N) is 3. The molecular weight excluding hydrogens is 537 g/mol. The molecule has 40 heavy (non-hydrogen) atoms. The monoisotopic (exact) mass is 572 g/mol. The van der Waals surface area contributed by atoms with Crippen molar-refractivity contribution in [2.45, 2.75) is 56.6 Å². The maximum Gasteiger partial charge on any atom is 0.391 e. The molecule has 1 aromatic carbocycles. The molecule has 0 bridgehead atoms. The number of epoxide rings is 1. The van der Waals surface area contributed by atoms with E-state index in [2.05, 4.69) is 16.0 Å². The summed E-state index contributed by atoms with van der Waals surface area (Å²) in [5.74, 6) is -2.48. The molecule has 0 radical (unpaired) electrons. The molecule has 2 aliphatic rings. The van der Waals surface area contributed by atoms with Gasteiger partial charge in [0.15, 0.2) is 5.78 Å². The summed E-state index contributed by atoms with van der Waals surface area (Å²) in [6.45, 7) is 4.91. The third-order valence-electron chi connectivity index (χ3n) is 6.64. The van der Waals surface area contributed by atoms with Crippen LogP contribution in [0, 0.1) is 0 Å². The number of rotatable bonds is 13. The van der Waals surface area contributed by atoms with Gasteiger partial charge in [0.05, 0.1) is 45.9 Å². The predicted octanol–water partition coefficient (Wildman–Crippen LogP) is 0.355. The second kappa shape index (κ2) is 13.4.